The highest BCUT2D eigenvalue weighted by Gasteiger charge is 2.04. The number of amides is 1. The summed E-state index contributed by atoms with van der Waals surface area (Å²) in [5.74, 6) is 0.0128. The van der Waals surface area contributed by atoms with Crippen molar-refractivity contribution in [3.63, 3.8) is 0 Å². The molecule has 2 nitrogen and oxygen atoms in total. The highest BCUT2D eigenvalue weighted by molar-refractivity contribution is 7.98. The second-order valence-electron chi connectivity index (χ2n) is 4.30. The third kappa shape index (κ3) is 4.32. The van der Waals surface area contributed by atoms with E-state index in [1.165, 1.54) is 9.79 Å². The van der Waals surface area contributed by atoms with Gasteiger partial charge in [-0.3, -0.25) is 4.79 Å². The van der Waals surface area contributed by atoms with Gasteiger partial charge in [-0.1, -0.05) is 12.1 Å². The van der Waals surface area contributed by atoms with Crippen molar-refractivity contribution in [1.29, 1.82) is 0 Å². The lowest BCUT2D eigenvalue weighted by Crippen LogP contribution is -2.14. The summed E-state index contributed by atoms with van der Waals surface area (Å²) < 4.78 is 0. The maximum Gasteiger partial charge on any atom is 0.228 e. The zero-order valence-electron chi connectivity index (χ0n) is 11.6. The molecule has 2 rings (SSSR count). The van der Waals surface area contributed by atoms with Crippen LogP contribution in [0, 0.1) is 0 Å². The minimum absolute atomic E-state index is 0.0128. The number of anilines is 1. The molecule has 0 aliphatic rings. The first-order chi connectivity index (χ1) is 9.71. The third-order valence-electron chi connectivity index (χ3n) is 2.90. The van der Waals surface area contributed by atoms with E-state index in [-0.39, 0.29) is 5.91 Å². The van der Waals surface area contributed by atoms with E-state index in [2.05, 4.69) is 5.32 Å². The van der Waals surface area contributed by atoms with Crippen LogP contribution in [-0.4, -0.2) is 18.4 Å². The fourth-order valence-corrected chi connectivity index (χ4v) is 2.62. The second-order valence-corrected chi connectivity index (χ2v) is 6.06. The Bertz CT molecular complexity index is 513. The number of hydrogen-bond donors (Lipinski definition) is 1. The molecular formula is C16H17NOS2. The van der Waals surface area contributed by atoms with Gasteiger partial charge in [0.1, 0.15) is 0 Å². The maximum atomic E-state index is 12.0. The molecule has 0 saturated heterocycles. The van der Waals surface area contributed by atoms with Crippen LogP contribution in [0.15, 0.2) is 58.3 Å². The number of rotatable bonds is 5. The van der Waals surface area contributed by atoms with Crippen molar-refractivity contribution < 1.29 is 4.79 Å². The van der Waals surface area contributed by atoms with Crippen molar-refractivity contribution in [1.82, 2.24) is 0 Å². The van der Waals surface area contributed by atoms with Gasteiger partial charge in [-0.05, 0) is 54.5 Å². The Morgan fingerprint density at radius 2 is 1.40 bits per heavy atom. The van der Waals surface area contributed by atoms with Gasteiger partial charge in [0.05, 0.1) is 6.42 Å². The first kappa shape index (κ1) is 15.0. The van der Waals surface area contributed by atoms with Crippen LogP contribution in [-0.2, 0) is 11.2 Å². The molecule has 0 radical (unpaired) electrons. The molecule has 0 heterocycles. The van der Waals surface area contributed by atoms with Crippen molar-refractivity contribution in [3.8, 4) is 0 Å². The molecule has 0 bridgehead atoms. The molecule has 0 saturated carbocycles. The van der Waals surface area contributed by atoms with E-state index in [4.69, 9.17) is 0 Å². The van der Waals surface area contributed by atoms with E-state index in [1.807, 2.05) is 61.0 Å². The van der Waals surface area contributed by atoms with E-state index < -0.39 is 0 Å². The Morgan fingerprint density at radius 1 is 0.900 bits per heavy atom. The molecule has 1 N–H and O–H groups in total. The molecule has 0 spiro atoms. The summed E-state index contributed by atoms with van der Waals surface area (Å²) in [7, 11) is 0. The standard InChI is InChI=1S/C16H17NOS2/c1-19-14-7-3-12(4-8-14)11-16(18)17-13-5-9-15(20-2)10-6-13/h3-10H,11H2,1-2H3,(H,17,18). The highest BCUT2D eigenvalue weighted by Crippen LogP contribution is 2.18. The van der Waals surface area contributed by atoms with Crippen LogP contribution < -0.4 is 5.32 Å². The maximum absolute atomic E-state index is 12.0. The Morgan fingerprint density at radius 3 is 1.90 bits per heavy atom. The molecule has 0 unspecified atom stereocenters. The number of carbonyl (C=O) groups excluding carboxylic acids is 1. The average molecular weight is 303 g/mol. The van der Waals surface area contributed by atoms with E-state index in [0.29, 0.717) is 6.42 Å². The fraction of sp³-hybridized carbons (Fsp3) is 0.188. The summed E-state index contributed by atoms with van der Waals surface area (Å²) in [6, 6.07) is 16.0. The van der Waals surface area contributed by atoms with Crippen LogP contribution in [0.25, 0.3) is 0 Å². The highest BCUT2D eigenvalue weighted by atomic mass is 32.2. The van der Waals surface area contributed by atoms with Gasteiger partial charge >= 0.3 is 0 Å². The predicted octanol–water partition coefficient (Wildman–Crippen LogP) is 4.31. The number of nitrogens with one attached hydrogen (secondary N) is 1. The molecule has 2 aromatic carbocycles. The van der Waals surface area contributed by atoms with E-state index in [1.54, 1.807) is 23.5 Å². The van der Waals surface area contributed by atoms with E-state index >= 15 is 0 Å². The molecule has 0 aliphatic carbocycles. The lowest BCUT2D eigenvalue weighted by molar-refractivity contribution is -0.115. The van der Waals surface area contributed by atoms with Crippen LogP contribution in [0.4, 0.5) is 5.69 Å². The first-order valence-electron chi connectivity index (χ1n) is 6.28. The van der Waals surface area contributed by atoms with Crippen LogP contribution in [0.3, 0.4) is 0 Å². The molecular weight excluding hydrogens is 286 g/mol. The molecule has 4 heteroatoms. The van der Waals surface area contributed by atoms with Gasteiger partial charge < -0.3 is 5.32 Å². The SMILES string of the molecule is CSc1ccc(CC(=O)Nc2ccc(SC)cc2)cc1. The number of hydrogen-bond acceptors (Lipinski definition) is 3. The third-order valence-corrected chi connectivity index (χ3v) is 4.38. The molecule has 1 amide bonds. The van der Waals surface area contributed by atoms with Gasteiger partial charge in [-0.15, -0.1) is 23.5 Å². The molecule has 2 aromatic rings. The Labute approximate surface area is 128 Å². The summed E-state index contributed by atoms with van der Waals surface area (Å²) >= 11 is 3.39. The van der Waals surface area contributed by atoms with Crippen LogP contribution in [0.1, 0.15) is 5.56 Å². The summed E-state index contributed by atoms with van der Waals surface area (Å²) in [5.41, 5.74) is 1.87. The average Bonchev–Trinajstić information content (AvgIpc) is 2.49. The zero-order valence-corrected chi connectivity index (χ0v) is 13.2. The minimum atomic E-state index is 0.0128. The summed E-state index contributed by atoms with van der Waals surface area (Å²) in [4.78, 5) is 14.4. The van der Waals surface area contributed by atoms with Crippen molar-refractivity contribution in [2.24, 2.45) is 0 Å². The molecule has 104 valence electrons. The Hall–Kier alpha value is -1.39. The van der Waals surface area contributed by atoms with E-state index in [9.17, 15) is 4.79 Å². The quantitative estimate of drug-likeness (QED) is 0.834. The largest absolute Gasteiger partial charge is 0.326 e. The van der Waals surface area contributed by atoms with Crippen LogP contribution in [0.5, 0.6) is 0 Å². The zero-order chi connectivity index (χ0) is 14.4. The van der Waals surface area contributed by atoms with Gasteiger partial charge in [0.15, 0.2) is 0 Å². The van der Waals surface area contributed by atoms with Gasteiger partial charge in [-0.2, -0.15) is 0 Å². The number of thioether (sulfide) groups is 2. The summed E-state index contributed by atoms with van der Waals surface area (Å²) in [6.45, 7) is 0. The van der Waals surface area contributed by atoms with Crippen LogP contribution in [0.2, 0.25) is 0 Å². The van der Waals surface area contributed by atoms with Gasteiger partial charge in [0.2, 0.25) is 5.91 Å². The fourth-order valence-electron chi connectivity index (χ4n) is 1.81. The van der Waals surface area contributed by atoms with Gasteiger partial charge in [-0.25, -0.2) is 0 Å². The molecule has 0 aromatic heterocycles. The molecule has 20 heavy (non-hydrogen) atoms. The van der Waals surface area contributed by atoms with Gasteiger partial charge in [0.25, 0.3) is 0 Å². The normalized spacial score (nSPS) is 10.3. The lowest BCUT2D eigenvalue weighted by atomic mass is 10.1. The Balaban J connectivity index is 1.93. The first-order valence-corrected chi connectivity index (χ1v) is 8.73. The Kier molecular flexibility index (Phi) is 5.56. The van der Waals surface area contributed by atoms with Crippen molar-refractivity contribution >= 4 is 35.1 Å². The number of carbonyl (C=O) groups is 1. The lowest BCUT2D eigenvalue weighted by Gasteiger charge is -2.06. The van der Waals surface area contributed by atoms with Gasteiger partial charge in [0, 0.05) is 15.5 Å². The minimum Gasteiger partial charge on any atom is -0.326 e. The van der Waals surface area contributed by atoms with Crippen LogP contribution >= 0.6 is 23.5 Å². The molecule has 0 atom stereocenters. The van der Waals surface area contributed by atoms with Crippen molar-refractivity contribution in [3.05, 3.63) is 54.1 Å². The molecule has 0 fully saturated rings. The smallest absolute Gasteiger partial charge is 0.228 e. The second kappa shape index (κ2) is 7.41. The molecule has 0 aliphatic heterocycles. The van der Waals surface area contributed by atoms with E-state index in [0.717, 1.165) is 11.3 Å². The predicted molar refractivity (Wildman–Crippen MR) is 88.8 cm³/mol. The number of benzene rings is 2. The van der Waals surface area contributed by atoms with Crippen molar-refractivity contribution in [2.45, 2.75) is 16.2 Å². The van der Waals surface area contributed by atoms with Crippen molar-refractivity contribution in [2.75, 3.05) is 17.8 Å². The topological polar surface area (TPSA) is 29.1 Å². The summed E-state index contributed by atoms with van der Waals surface area (Å²) in [5, 5.41) is 2.92. The summed E-state index contributed by atoms with van der Waals surface area (Å²) in [6.07, 6.45) is 4.48. The monoisotopic (exact) mass is 303 g/mol.